The first-order chi connectivity index (χ1) is 9.10. The largest absolute Gasteiger partial charge is 0.508 e. The summed E-state index contributed by atoms with van der Waals surface area (Å²) in [7, 11) is 1.74. The second-order valence-electron chi connectivity index (χ2n) is 5.13. The lowest BCUT2D eigenvalue weighted by atomic mass is 10.0. The van der Waals surface area contributed by atoms with Crippen molar-refractivity contribution in [1.29, 1.82) is 0 Å². The number of carbonyl (C=O) groups excluding carboxylic acids is 1. The first-order valence-electron chi connectivity index (χ1n) is 6.68. The summed E-state index contributed by atoms with van der Waals surface area (Å²) in [5, 5.41) is 9.90. The highest BCUT2D eigenvalue weighted by atomic mass is 16.5. The molecule has 1 aliphatic rings. The van der Waals surface area contributed by atoms with E-state index in [0.717, 1.165) is 31.5 Å². The summed E-state index contributed by atoms with van der Waals surface area (Å²) in [5.74, 6) is 0.277. The van der Waals surface area contributed by atoms with E-state index in [0.29, 0.717) is 12.1 Å². The van der Waals surface area contributed by atoms with Crippen molar-refractivity contribution >= 4 is 5.78 Å². The number of phenolic OH excluding ortho intramolecular Hbond substituents is 1. The van der Waals surface area contributed by atoms with E-state index in [-0.39, 0.29) is 17.6 Å². The van der Waals surface area contributed by atoms with Gasteiger partial charge in [0.15, 0.2) is 5.78 Å². The van der Waals surface area contributed by atoms with Crippen molar-refractivity contribution in [2.45, 2.75) is 32.4 Å². The summed E-state index contributed by atoms with van der Waals surface area (Å²) in [6, 6.07) is 5.05. The van der Waals surface area contributed by atoms with Crippen LogP contribution in [0.5, 0.6) is 5.75 Å². The Morgan fingerprint density at radius 2 is 2.32 bits per heavy atom. The molecule has 0 aromatic heterocycles. The number of benzene rings is 1. The molecule has 0 bridgehead atoms. The molecule has 1 aromatic rings. The zero-order valence-electron chi connectivity index (χ0n) is 11.6. The number of ketones is 1. The summed E-state index contributed by atoms with van der Waals surface area (Å²) in [6.07, 6.45) is 2.46. The molecule has 1 heterocycles. The maximum absolute atomic E-state index is 11.4. The van der Waals surface area contributed by atoms with Crippen molar-refractivity contribution in [3.63, 3.8) is 0 Å². The van der Waals surface area contributed by atoms with E-state index in [1.165, 1.54) is 6.92 Å². The maximum atomic E-state index is 11.4. The molecule has 1 unspecified atom stereocenters. The first kappa shape index (κ1) is 14.0. The van der Waals surface area contributed by atoms with Crippen LogP contribution in [0, 0.1) is 0 Å². The Bertz CT molecular complexity index is 459. The molecule has 1 N–H and O–H groups in total. The predicted molar refractivity (Wildman–Crippen MR) is 73.4 cm³/mol. The van der Waals surface area contributed by atoms with E-state index in [2.05, 4.69) is 4.90 Å². The van der Waals surface area contributed by atoms with Crippen LogP contribution in [0.15, 0.2) is 18.2 Å². The molecule has 0 aliphatic carbocycles. The van der Waals surface area contributed by atoms with Crippen molar-refractivity contribution in [3.05, 3.63) is 29.3 Å². The average molecular weight is 263 g/mol. The average Bonchev–Trinajstić information content (AvgIpc) is 2.41. The number of Topliss-reactive ketones (excluding diaryl/α,β-unsaturated/α-hetero) is 1. The molecule has 0 amide bonds. The molecule has 1 saturated heterocycles. The van der Waals surface area contributed by atoms with Crippen molar-refractivity contribution in [3.8, 4) is 5.75 Å². The molecule has 19 heavy (non-hydrogen) atoms. The Labute approximate surface area is 114 Å². The van der Waals surface area contributed by atoms with E-state index in [1.807, 2.05) is 0 Å². The van der Waals surface area contributed by atoms with Gasteiger partial charge in [-0.25, -0.2) is 0 Å². The standard InChI is InChI=1S/C15H21NO3/c1-11(17)12-5-6-15(18)13(8-12)9-16-7-3-4-14(10-16)19-2/h5-6,8,14,18H,3-4,7,9-10H2,1-2H3. The molecular formula is C15H21NO3. The number of hydrogen-bond donors (Lipinski definition) is 1. The van der Waals surface area contributed by atoms with Crippen LogP contribution in [0.4, 0.5) is 0 Å². The number of likely N-dealkylation sites (tertiary alicyclic amines) is 1. The van der Waals surface area contributed by atoms with Gasteiger partial charge in [-0.2, -0.15) is 0 Å². The zero-order chi connectivity index (χ0) is 13.8. The molecule has 2 rings (SSSR count). The van der Waals surface area contributed by atoms with Gasteiger partial charge in [0.25, 0.3) is 0 Å². The number of aromatic hydroxyl groups is 1. The number of hydrogen-bond acceptors (Lipinski definition) is 4. The monoisotopic (exact) mass is 263 g/mol. The fourth-order valence-electron chi connectivity index (χ4n) is 2.52. The molecule has 1 fully saturated rings. The molecule has 1 aliphatic heterocycles. The Hall–Kier alpha value is -1.39. The van der Waals surface area contributed by atoms with Gasteiger partial charge in [-0.1, -0.05) is 0 Å². The molecule has 1 aromatic carbocycles. The van der Waals surface area contributed by atoms with Crippen LogP contribution in [0.25, 0.3) is 0 Å². The van der Waals surface area contributed by atoms with Gasteiger partial charge in [-0.15, -0.1) is 0 Å². The first-order valence-corrected chi connectivity index (χ1v) is 6.68. The highest BCUT2D eigenvalue weighted by Gasteiger charge is 2.20. The summed E-state index contributed by atoms with van der Waals surface area (Å²) in [5.41, 5.74) is 1.46. The minimum Gasteiger partial charge on any atom is -0.508 e. The Kier molecular flexibility index (Phi) is 4.56. The van der Waals surface area contributed by atoms with E-state index in [9.17, 15) is 9.90 Å². The number of piperidine rings is 1. The second-order valence-corrected chi connectivity index (χ2v) is 5.13. The third kappa shape index (κ3) is 3.55. The van der Waals surface area contributed by atoms with E-state index < -0.39 is 0 Å². The van der Waals surface area contributed by atoms with Gasteiger partial charge >= 0.3 is 0 Å². The van der Waals surface area contributed by atoms with Gasteiger partial charge in [0, 0.05) is 31.3 Å². The highest BCUT2D eigenvalue weighted by molar-refractivity contribution is 5.94. The van der Waals surface area contributed by atoms with Crippen molar-refractivity contribution in [1.82, 2.24) is 4.90 Å². The molecular weight excluding hydrogens is 242 g/mol. The van der Waals surface area contributed by atoms with Crippen LogP contribution in [0.3, 0.4) is 0 Å². The quantitative estimate of drug-likeness (QED) is 0.846. The molecule has 4 nitrogen and oxygen atoms in total. The Balaban J connectivity index is 2.09. The molecule has 104 valence electrons. The minimum absolute atomic E-state index is 0.0228. The maximum Gasteiger partial charge on any atom is 0.159 e. The predicted octanol–water partition coefficient (Wildman–Crippen LogP) is 2.21. The lowest BCUT2D eigenvalue weighted by Crippen LogP contribution is -2.38. The lowest BCUT2D eigenvalue weighted by Gasteiger charge is -2.32. The number of nitrogens with zero attached hydrogens (tertiary/aromatic N) is 1. The summed E-state index contributed by atoms with van der Waals surface area (Å²) in [6.45, 7) is 4.08. The van der Waals surface area contributed by atoms with Crippen molar-refractivity contribution in [2.75, 3.05) is 20.2 Å². The fraction of sp³-hybridized carbons (Fsp3) is 0.533. The van der Waals surface area contributed by atoms with Gasteiger partial charge < -0.3 is 9.84 Å². The number of rotatable bonds is 4. The number of ether oxygens (including phenoxy) is 1. The lowest BCUT2D eigenvalue weighted by molar-refractivity contribution is 0.0283. The van der Waals surface area contributed by atoms with Crippen LogP contribution in [0.2, 0.25) is 0 Å². The van der Waals surface area contributed by atoms with Crippen LogP contribution in [0.1, 0.15) is 35.7 Å². The number of methoxy groups -OCH3 is 1. The minimum atomic E-state index is 0.0228. The van der Waals surface area contributed by atoms with Crippen LogP contribution in [-0.4, -0.2) is 42.1 Å². The molecule has 1 atom stereocenters. The molecule has 4 heteroatoms. The van der Waals surface area contributed by atoms with Crippen molar-refractivity contribution in [2.24, 2.45) is 0 Å². The van der Waals surface area contributed by atoms with E-state index >= 15 is 0 Å². The van der Waals surface area contributed by atoms with E-state index in [4.69, 9.17) is 4.74 Å². The number of phenols is 1. The van der Waals surface area contributed by atoms with Crippen LogP contribution >= 0.6 is 0 Å². The smallest absolute Gasteiger partial charge is 0.159 e. The molecule has 0 radical (unpaired) electrons. The van der Waals surface area contributed by atoms with Crippen LogP contribution in [-0.2, 0) is 11.3 Å². The highest BCUT2D eigenvalue weighted by Crippen LogP contribution is 2.23. The normalized spacial score (nSPS) is 20.4. The van der Waals surface area contributed by atoms with Gasteiger partial charge in [0.2, 0.25) is 0 Å². The van der Waals surface area contributed by atoms with E-state index in [1.54, 1.807) is 25.3 Å². The summed E-state index contributed by atoms with van der Waals surface area (Å²) >= 11 is 0. The van der Waals surface area contributed by atoms with Crippen molar-refractivity contribution < 1.29 is 14.6 Å². The second kappa shape index (κ2) is 6.17. The topological polar surface area (TPSA) is 49.8 Å². The van der Waals surface area contributed by atoms with Crippen LogP contribution < -0.4 is 0 Å². The van der Waals surface area contributed by atoms with Gasteiger partial charge in [0.05, 0.1) is 6.10 Å². The third-order valence-corrected chi connectivity index (χ3v) is 3.68. The Morgan fingerprint density at radius 3 is 3.00 bits per heavy atom. The third-order valence-electron chi connectivity index (χ3n) is 3.68. The van der Waals surface area contributed by atoms with Gasteiger partial charge in [-0.05, 0) is 44.5 Å². The Morgan fingerprint density at radius 1 is 1.53 bits per heavy atom. The summed E-state index contributed by atoms with van der Waals surface area (Å²) < 4.78 is 5.39. The fourth-order valence-corrected chi connectivity index (χ4v) is 2.52. The molecule has 0 saturated carbocycles. The zero-order valence-corrected chi connectivity index (χ0v) is 11.6. The summed E-state index contributed by atoms with van der Waals surface area (Å²) in [4.78, 5) is 13.6. The van der Waals surface area contributed by atoms with Gasteiger partial charge in [0.1, 0.15) is 5.75 Å². The number of carbonyl (C=O) groups is 1. The SMILES string of the molecule is COC1CCCN(Cc2cc(C(C)=O)ccc2O)C1. The molecule has 0 spiro atoms. The van der Waals surface area contributed by atoms with Gasteiger partial charge in [-0.3, -0.25) is 9.69 Å².